The lowest BCUT2D eigenvalue weighted by Crippen LogP contribution is -2.40. The quantitative estimate of drug-likeness (QED) is 0.776. The highest BCUT2D eigenvalue weighted by Gasteiger charge is 2.22. The molecule has 0 spiro atoms. The van der Waals surface area contributed by atoms with E-state index in [1.54, 1.807) is 12.4 Å². The van der Waals surface area contributed by atoms with Crippen LogP contribution in [0.5, 0.6) is 0 Å². The zero-order valence-corrected chi connectivity index (χ0v) is 10.4. The van der Waals surface area contributed by atoms with Crippen molar-refractivity contribution >= 4 is 0 Å². The summed E-state index contributed by atoms with van der Waals surface area (Å²) in [6, 6.07) is 4.23. The van der Waals surface area contributed by atoms with Crippen LogP contribution in [0.1, 0.15) is 45.2 Å². The summed E-state index contributed by atoms with van der Waals surface area (Å²) < 4.78 is 0. The van der Waals surface area contributed by atoms with Crippen LogP contribution in [0.3, 0.4) is 0 Å². The average Bonchev–Trinajstić information content (AvgIpc) is 2.36. The number of aromatic nitrogens is 1. The second-order valence-electron chi connectivity index (χ2n) is 4.31. The smallest absolute Gasteiger partial charge is 0.0766 e. The van der Waals surface area contributed by atoms with Gasteiger partial charge >= 0.3 is 0 Å². The molecule has 16 heavy (non-hydrogen) atoms. The van der Waals surface area contributed by atoms with Crippen molar-refractivity contribution in [3.05, 3.63) is 30.1 Å². The number of pyridine rings is 1. The normalized spacial score (nSPS) is 13.8. The number of hydrogen-bond acceptors (Lipinski definition) is 3. The third kappa shape index (κ3) is 3.58. The maximum Gasteiger partial charge on any atom is 0.0766 e. The van der Waals surface area contributed by atoms with Gasteiger partial charge in [0.25, 0.3) is 0 Å². The van der Waals surface area contributed by atoms with Crippen LogP contribution >= 0.6 is 0 Å². The molecule has 2 N–H and O–H groups in total. The predicted molar refractivity (Wildman–Crippen MR) is 66.2 cm³/mol. The fraction of sp³-hybridized carbons (Fsp3) is 0.615. The summed E-state index contributed by atoms with van der Waals surface area (Å²) in [6.07, 6.45) is 5.14. The molecule has 3 heteroatoms. The molecule has 1 aromatic heterocycles. The second-order valence-corrected chi connectivity index (χ2v) is 4.31. The first-order valence-corrected chi connectivity index (χ1v) is 5.97. The van der Waals surface area contributed by atoms with Gasteiger partial charge in [-0.1, -0.05) is 13.8 Å². The number of nitrogens with one attached hydrogen (secondary N) is 1. The van der Waals surface area contributed by atoms with E-state index in [0.29, 0.717) is 6.54 Å². The van der Waals surface area contributed by atoms with E-state index in [2.05, 4.69) is 17.2 Å². The zero-order valence-electron chi connectivity index (χ0n) is 10.4. The van der Waals surface area contributed by atoms with Crippen molar-refractivity contribution < 1.29 is 5.11 Å². The molecule has 0 aliphatic heterocycles. The van der Waals surface area contributed by atoms with E-state index in [-0.39, 0.29) is 6.04 Å². The SMILES string of the molecule is CCC(O)(CC)CN[C@@H](C)c1ccncc1. The van der Waals surface area contributed by atoms with Crippen LogP contribution in [0.15, 0.2) is 24.5 Å². The Morgan fingerprint density at radius 2 is 1.88 bits per heavy atom. The summed E-state index contributed by atoms with van der Waals surface area (Å²) in [5, 5.41) is 13.5. The maximum atomic E-state index is 10.1. The number of aliphatic hydroxyl groups is 1. The van der Waals surface area contributed by atoms with Gasteiger partial charge in [0.1, 0.15) is 0 Å². The topological polar surface area (TPSA) is 45.1 Å². The molecule has 90 valence electrons. The molecule has 0 fully saturated rings. The summed E-state index contributed by atoms with van der Waals surface area (Å²) in [5.41, 5.74) is 0.617. The Kier molecular flexibility index (Phi) is 4.90. The second kappa shape index (κ2) is 5.97. The third-order valence-electron chi connectivity index (χ3n) is 3.26. The van der Waals surface area contributed by atoms with E-state index >= 15 is 0 Å². The molecule has 0 unspecified atom stereocenters. The molecule has 1 atom stereocenters. The fourth-order valence-corrected chi connectivity index (χ4v) is 1.61. The Bertz CT molecular complexity index is 296. The van der Waals surface area contributed by atoms with Gasteiger partial charge in [0, 0.05) is 25.0 Å². The van der Waals surface area contributed by atoms with Crippen molar-refractivity contribution in [3.8, 4) is 0 Å². The summed E-state index contributed by atoms with van der Waals surface area (Å²) in [5.74, 6) is 0. The first kappa shape index (κ1) is 13.1. The maximum absolute atomic E-state index is 10.1. The van der Waals surface area contributed by atoms with Crippen LogP contribution in [0.4, 0.5) is 0 Å². The summed E-state index contributed by atoms with van der Waals surface area (Å²) in [7, 11) is 0. The van der Waals surface area contributed by atoms with Gasteiger partial charge in [-0.05, 0) is 37.5 Å². The minimum atomic E-state index is -0.582. The minimum absolute atomic E-state index is 0.243. The first-order valence-electron chi connectivity index (χ1n) is 5.97. The Morgan fingerprint density at radius 1 is 1.31 bits per heavy atom. The third-order valence-corrected chi connectivity index (χ3v) is 3.26. The van der Waals surface area contributed by atoms with Gasteiger partial charge in [-0.15, -0.1) is 0 Å². The fourth-order valence-electron chi connectivity index (χ4n) is 1.61. The van der Waals surface area contributed by atoms with E-state index in [1.165, 1.54) is 5.56 Å². The van der Waals surface area contributed by atoms with Gasteiger partial charge in [0.05, 0.1) is 5.60 Å². The monoisotopic (exact) mass is 222 g/mol. The lowest BCUT2D eigenvalue weighted by molar-refractivity contribution is 0.0303. The Balaban J connectivity index is 2.50. The molecule has 0 amide bonds. The van der Waals surface area contributed by atoms with E-state index < -0.39 is 5.60 Å². The van der Waals surface area contributed by atoms with Gasteiger partial charge in [0.15, 0.2) is 0 Å². The van der Waals surface area contributed by atoms with E-state index in [4.69, 9.17) is 0 Å². The average molecular weight is 222 g/mol. The van der Waals surface area contributed by atoms with Crippen LogP contribution < -0.4 is 5.32 Å². The van der Waals surface area contributed by atoms with Crippen molar-refractivity contribution in [2.24, 2.45) is 0 Å². The van der Waals surface area contributed by atoms with Gasteiger partial charge in [-0.25, -0.2) is 0 Å². The molecule has 0 saturated carbocycles. The Labute approximate surface area is 97.9 Å². The van der Waals surface area contributed by atoms with Gasteiger partial charge in [0.2, 0.25) is 0 Å². The van der Waals surface area contributed by atoms with Crippen LogP contribution in [0.25, 0.3) is 0 Å². The van der Waals surface area contributed by atoms with Crippen LogP contribution in [-0.4, -0.2) is 22.2 Å². The zero-order chi connectivity index (χ0) is 12.0. The molecular weight excluding hydrogens is 200 g/mol. The van der Waals surface area contributed by atoms with Crippen LogP contribution in [-0.2, 0) is 0 Å². The molecule has 1 heterocycles. The lowest BCUT2D eigenvalue weighted by atomic mass is 9.97. The summed E-state index contributed by atoms with van der Waals surface area (Å²) >= 11 is 0. The van der Waals surface area contributed by atoms with Crippen LogP contribution in [0, 0.1) is 0 Å². The largest absolute Gasteiger partial charge is 0.389 e. The molecule has 0 saturated heterocycles. The van der Waals surface area contributed by atoms with E-state index in [0.717, 1.165) is 12.8 Å². The van der Waals surface area contributed by atoms with Gasteiger partial charge in [-0.3, -0.25) is 4.98 Å². The lowest BCUT2D eigenvalue weighted by Gasteiger charge is -2.27. The van der Waals surface area contributed by atoms with E-state index in [1.807, 2.05) is 26.0 Å². The molecule has 0 aromatic carbocycles. The molecule has 0 radical (unpaired) electrons. The van der Waals surface area contributed by atoms with Crippen LogP contribution in [0.2, 0.25) is 0 Å². The first-order chi connectivity index (χ1) is 7.61. The number of nitrogens with zero attached hydrogens (tertiary/aromatic N) is 1. The molecule has 0 bridgehead atoms. The van der Waals surface area contributed by atoms with Crippen molar-refractivity contribution in [1.82, 2.24) is 10.3 Å². The van der Waals surface area contributed by atoms with Gasteiger partial charge in [-0.2, -0.15) is 0 Å². The van der Waals surface area contributed by atoms with Crippen molar-refractivity contribution in [1.29, 1.82) is 0 Å². The summed E-state index contributed by atoms with van der Waals surface area (Å²) in [4.78, 5) is 3.99. The number of rotatable bonds is 6. The van der Waals surface area contributed by atoms with Crippen molar-refractivity contribution in [3.63, 3.8) is 0 Å². The molecular formula is C13H22N2O. The van der Waals surface area contributed by atoms with Crippen molar-refractivity contribution in [2.75, 3.05) is 6.54 Å². The summed E-state index contributed by atoms with van der Waals surface area (Å²) in [6.45, 7) is 6.76. The molecule has 1 rings (SSSR count). The molecule has 0 aliphatic carbocycles. The Morgan fingerprint density at radius 3 is 2.38 bits per heavy atom. The highest BCUT2D eigenvalue weighted by molar-refractivity contribution is 5.14. The molecule has 0 aliphatic rings. The standard InChI is InChI=1S/C13H22N2O/c1-4-13(16,5-2)10-15-11(3)12-6-8-14-9-7-12/h6-9,11,15-16H,4-5,10H2,1-3H3/t11-/m0/s1. The highest BCUT2D eigenvalue weighted by atomic mass is 16.3. The Hall–Kier alpha value is -0.930. The van der Waals surface area contributed by atoms with Crippen molar-refractivity contribution in [2.45, 2.75) is 45.3 Å². The minimum Gasteiger partial charge on any atom is -0.389 e. The highest BCUT2D eigenvalue weighted by Crippen LogP contribution is 2.16. The van der Waals surface area contributed by atoms with Gasteiger partial charge < -0.3 is 10.4 Å². The predicted octanol–water partition coefficient (Wildman–Crippen LogP) is 2.28. The van der Waals surface area contributed by atoms with E-state index in [9.17, 15) is 5.11 Å². The molecule has 1 aromatic rings. The molecule has 3 nitrogen and oxygen atoms in total. The number of hydrogen-bond donors (Lipinski definition) is 2.